The van der Waals surface area contributed by atoms with Gasteiger partial charge in [-0.3, -0.25) is 0 Å². The molecule has 0 aliphatic heterocycles. The van der Waals surface area contributed by atoms with Gasteiger partial charge in [-0.25, -0.2) is 9.37 Å². The third-order valence-electron chi connectivity index (χ3n) is 4.16. The summed E-state index contributed by atoms with van der Waals surface area (Å²) in [5.74, 6) is 1.14. The van der Waals surface area contributed by atoms with E-state index in [-0.39, 0.29) is 5.82 Å². The highest BCUT2D eigenvalue weighted by Gasteiger charge is 2.10. The highest BCUT2D eigenvalue weighted by Crippen LogP contribution is 2.18. The Morgan fingerprint density at radius 2 is 1.73 bits per heavy atom. The molecule has 1 N–H and O–H groups in total. The van der Waals surface area contributed by atoms with Crippen molar-refractivity contribution in [1.29, 1.82) is 0 Å². The topological polar surface area (TPSA) is 41.1 Å². The SMILES string of the molecule is CCN(Cc1ccccc1)c1cc(C)nc(NCc2ccccc2F)n1. The number of nitrogens with one attached hydrogen (secondary N) is 1. The summed E-state index contributed by atoms with van der Waals surface area (Å²) in [5.41, 5.74) is 2.69. The van der Waals surface area contributed by atoms with Crippen molar-refractivity contribution in [2.24, 2.45) is 0 Å². The Bertz CT molecular complexity index is 852. The quantitative estimate of drug-likeness (QED) is 0.678. The van der Waals surface area contributed by atoms with Crippen LogP contribution in [0.1, 0.15) is 23.7 Å². The molecule has 5 heteroatoms. The van der Waals surface area contributed by atoms with Crippen molar-refractivity contribution in [2.45, 2.75) is 26.9 Å². The molecule has 0 aliphatic carbocycles. The first-order chi connectivity index (χ1) is 12.7. The summed E-state index contributed by atoms with van der Waals surface area (Å²) in [7, 11) is 0. The first-order valence-corrected chi connectivity index (χ1v) is 8.77. The van der Waals surface area contributed by atoms with Gasteiger partial charge in [0.25, 0.3) is 0 Å². The number of hydrogen-bond donors (Lipinski definition) is 1. The van der Waals surface area contributed by atoms with Crippen molar-refractivity contribution in [3.8, 4) is 0 Å². The smallest absolute Gasteiger partial charge is 0.225 e. The molecular weight excluding hydrogens is 327 g/mol. The summed E-state index contributed by atoms with van der Waals surface area (Å²) >= 11 is 0. The average molecular weight is 350 g/mol. The lowest BCUT2D eigenvalue weighted by molar-refractivity contribution is 0.612. The monoisotopic (exact) mass is 350 g/mol. The third-order valence-corrected chi connectivity index (χ3v) is 4.16. The van der Waals surface area contributed by atoms with Gasteiger partial charge in [0.05, 0.1) is 0 Å². The minimum atomic E-state index is -0.230. The molecule has 0 radical (unpaired) electrons. The zero-order valence-corrected chi connectivity index (χ0v) is 15.1. The molecule has 0 saturated carbocycles. The second-order valence-electron chi connectivity index (χ2n) is 6.14. The van der Waals surface area contributed by atoms with E-state index in [0.29, 0.717) is 18.1 Å². The molecule has 0 unspecified atom stereocenters. The number of aromatic nitrogens is 2. The average Bonchev–Trinajstić information content (AvgIpc) is 2.66. The van der Waals surface area contributed by atoms with Crippen LogP contribution in [0.2, 0.25) is 0 Å². The van der Waals surface area contributed by atoms with Crippen LogP contribution < -0.4 is 10.2 Å². The van der Waals surface area contributed by atoms with E-state index in [9.17, 15) is 4.39 Å². The van der Waals surface area contributed by atoms with E-state index >= 15 is 0 Å². The molecule has 0 amide bonds. The van der Waals surface area contributed by atoms with E-state index in [4.69, 9.17) is 0 Å². The van der Waals surface area contributed by atoms with Gasteiger partial charge in [-0.2, -0.15) is 4.98 Å². The Morgan fingerprint density at radius 3 is 2.46 bits per heavy atom. The van der Waals surface area contributed by atoms with Crippen LogP contribution in [0.4, 0.5) is 16.2 Å². The highest BCUT2D eigenvalue weighted by molar-refractivity contribution is 5.45. The maximum Gasteiger partial charge on any atom is 0.225 e. The van der Waals surface area contributed by atoms with Gasteiger partial charge < -0.3 is 10.2 Å². The van der Waals surface area contributed by atoms with Crippen LogP contribution in [0, 0.1) is 12.7 Å². The lowest BCUT2D eigenvalue weighted by Crippen LogP contribution is -2.24. The van der Waals surface area contributed by atoms with Crippen molar-refractivity contribution in [3.63, 3.8) is 0 Å². The van der Waals surface area contributed by atoms with Crippen LogP contribution in [-0.4, -0.2) is 16.5 Å². The molecule has 134 valence electrons. The van der Waals surface area contributed by atoms with Crippen LogP contribution in [-0.2, 0) is 13.1 Å². The van der Waals surface area contributed by atoms with Gasteiger partial charge in [-0.15, -0.1) is 0 Å². The summed E-state index contributed by atoms with van der Waals surface area (Å²) in [4.78, 5) is 11.3. The first kappa shape index (κ1) is 17.9. The first-order valence-electron chi connectivity index (χ1n) is 8.77. The number of halogens is 1. The van der Waals surface area contributed by atoms with Gasteiger partial charge in [-0.1, -0.05) is 48.5 Å². The third kappa shape index (κ3) is 4.57. The molecule has 0 fully saturated rings. The lowest BCUT2D eigenvalue weighted by atomic mass is 10.2. The maximum absolute atomic E-state index is 13.8. The van der Waals surface area contributed by atoms with Gasteiger partial charge in [0.2, 0.25) is 5.95 Å². The molecule has 0 saturated heterocycles. The molecule has 1 heterocycles. The molecule has 1 aromatic heterocycles. The highest BCUT2D eigenvalue weighted by atomic mass is 19.1. The summed E-state index contributed by atoms with van der Waals surface area (Å²) in [6, 6.07) is 19.0. The molecule has 0 aliphatic rings. The van der Waals surface area contributed by atoms with Gasteiger partial charge in [-0.05, 0) is 25.5 Å². The number of anilines is 2. The second-order valence-corrected chi connectivity index (χ2v) is 6.14. The van der Waals surface area contributed by atoms with Crippen molar-refractivity contribution >= 4 is 11.8 Å². The fourth-order valence-corrected chi connectivity index (χ4v) is 2.77. The number of aryl methyl sites for hydroxylation is 1. The molecular formula is C21H23FN4. The molecule has 0 atom stereocenters. The second kappa shape index (κ2) is 8.43. The van der Waals surface area contributed by atoms with Crippen molar-refractivity contribution in [2.75, 3.05) is 16.8 Å². The van der Waals surface area contributed by atoms with Crippen LogP contribution >= 0.6 is 0 Å². The van der Waals surface area contributed by atoms with Gasteiger partial charge >= 0.3 is 0 Å². The summed E-state index contributed by atoms with van der Waals surface area (Å²) in [5, 5.41) is 3.14. The zero-order chi connectivity index (χ0) is 18.4. The Balaban J connectivity index is 1.76. The van der Waals surface area contributed by atoms with E-state index in [2.05, 4.69) is 39.2 Å². The molecule has 0 bridgehead atoms. The van der Waals surface area contributed by atoms with E-state index in [1.165, 1.54) is 11.6 Å². The van der Waals surface area contributed by atoms with Crippen LogP contribution in [0.3, 0.4) is 0 Å². The summed E-state index contributed by atoms with van der Waals surface area (Å²) < 4.78 is 13.8. The molecule has 0 spiro atoms. The molecule has 2 aromatic carbocycles. The van der Waals surface area contributed by atoms with Gasteiger partial charge in [0, 0.05) is 37.0 Å². The Labute approximate surface area is 153 Å². The maximum atomic E-state index is 13.8. The molecule has 26 heavy (non-hydrogen) atoms. The van der Waals surface area contributed by atoms with Crippen molar-refractivity contribution in [1.82, 2.24) is 9.97 Å². The number of hydrogen-bond acceptors (Lipinski definition) is 4. The van der Waals surface area contributed by atoms with E-state index in [1.54, 1.807) is 12.1 Å². The standard InChI is InChI=1S/C21H23FN4/c1-3-26(15-17-9-5-4-6-10-17)20-13-16(2)24-21(25-20)23-14-18-11-7-8-12-19(18)22/h4-13H,3,14-15H2,1-2H3,(H,23,24,25). The molecule has 3 rings (SSSR count). The Hall–Kier alpha value is -2.95. The number of benzene rings is 2. The Kier molecular flexibility index (Phi) is 5.79. The summed E-state index contributed by atoms with van der Waals surface area (Å²) in [6.45, 7) is 6.00. The van der Waals surface area contributed by atoms with Gasteiger partial charge in [0.1, 0.15) is 11.6 Å². The fourth-order valence-electron chi connectivity index (χ4n) is 2.77. The predicted molar refractivity (Wildman–Crippen MR) is 104 cm³/mol. The minimum absolute atomic E-state index is 0.230. The lowest BCUT2D eigenvalue weighted by Gasteiger charge is -2.23. The zero-order valence-electron chi connectivity index (χ0n) is 15.1. The fraction of sp³-hybridized carbons (Fsp3) is 0.238. The number of rotatable bonds is 7. The summed E-state index contributed by atoms with van der Waals surface area (Å²) in [6.07, 6.45) is 0. The van der Waals surface area contributed by atoms with E-state index < -0.39 is 0 Å². The minimum Gasteiger partial charge on any atom is -0.352 e. The van der Waals surface area contributed by atoms with E-state index in [1.807, 2.05) is 37.3 Å². The van der Waals surface area contributed by atoms with Crippen molar-refractivity contribution in [3.05, 3.63) is 83.3 Å². The molecule has 3 aromatic rings. The van der Waals surface area contributed by atoms with Crippen LogP contribution in [0.15, 0.2) is 60.7 Å². The largest absolute Gasteiger partial charge is 0.352 e. The molecule has 4 nitrogen and oxygen atoms in total. The van der Waals surface area contributed by atoms with E-state index in [0.717, 1.165) is 24.6 Å². The predicted octanol–water partition coefficient (Wildman–Crippen LogP) is 4.56. The van der Waals surface area contributed by atoms with Gasteiger partial charge in [0.15, 0.2) is 0 Å². The Morgan fingerprint density at radius 1 is 1.00 bits per heavy atom. The van der Waals surface area contributed by atoms with Crippen LogP contribution in [0.5, 0.6) is 0 Å². The number of nitrogens with zero attached hydrogens (tertiary/aromatic N) is 3. The van der Waals surface area contributed by atoms with Crippen molar-refractivity contribution < 1.29 is 4.39 Å². The van der Waals surface area contributed by atoms with Crippen LogP contribution in [0.25, 0.3) is 0 Å². The normalized spacial score (nSPS) is 10.6.